The summed E-state index contributed by atoms with van der Waals surface area (Å²) >= 11 is 0. The van der Waals surface area contributed by atoms with Crippen LogP contribution in [0.15, 0.2) is 35.2 Å². The predicted octanol–water partition coefficient (Wildman–Crippen LogP) is 1.96. The van der Waals surface area contributed by atoms with E-state index >= 15 is 0 Å². The predicted molar refractivity (Wildman–Crippen MR) is 77.3 cm³/mol. The molecular weight excluding hydrogens is 280 g/mol. The molecule has 0 radical (unpaired) electrons. The molecule has 6 heteroatoms. The van der Waals surface area contributed by atoms with Gasteiger partial charge in [-0.15, -0.1) is 0 Å². The van der Waals surface area contributed by atoms with E-state index in [0.29, 0.717) is 4.90 Å². The van der Waals surface area contributed by atoms with Gasteiger partial charge < -0.3 is 10.2 Å². The van der Waals surface area contributed by atoms with Crippen molar-refractivity contribution < 1.29 is 23.4 Å². The fourth-order valence-electron chi connectivity index (χ4n) is 1.26. The molecule has 1 aromatic carbocycles. The van der Waals surface area contributed by atoms with Crippen LogP contribution in [0.2, 0.25) is 0 Å². The van der Waals surface area contributed by atoms with Crippen molar-refractivity contribution in [1.29, 1.82) is 0 Å². The largest absolute Gasteiger partial charge is 0.481 e. The van der Waals surface area contributed by atoms with Gasteiger partial charge in [0, 0.05) is 6.92 Å². The standard InChI is InChI=1S/C12H18O3S.C2H4O2/c1-10(12(2,3)13)9-16(14,15)11-7-5-4-6-8-11;1-2(3)4/h4-8,10,13H,9H2,1-3H3;1H3,(H,3,4). The van der Waals surface area contributed by atoms with E-state index in [0.717, 1.165) is 6.92 Å². The Morgan fingerprint density at radius 3 is 2.00 bits per heavy atom. The van der Waals surface area contributed by atoms with Crippen LogP contribution in [0.3, 0.4) is 0 Å². The highest BCUT2D eigenvalue weighted by atomic mass is 32.2. The molecule has 0 aliphatic heterocycles. The van der Waals surface area contributed by atoms with E-state index in [1.807, 2.05) is 0 Å². The number of benzene rings is 1. The van der Waals surface area contributed by atoms with Gasteiger partial charge in [0.25, 0.3) is 5.97 Å². The maximum Gasteiger partial charge on any atom is 0.300 e. The monoisotopic (exact) mass is 302 g/mol. The van der Waals surface area contributed by atoms with Crippen LogP contribution in [-0.2, 0) is 14.6 Å². The first kappa shape index (κ1) is 18.6. The van der Waals surface area contributed by atoms with Gasteiger partial charge in [-0.3, -0.25) is 4.79 Å². The minimum Gasteiger partial charge on any atom is -0.481 e. The Morgan fingerprint density at radius 1 is 1.25 bits per heavy atom. The molecule has 0 spiro atoms. The third-order valence-electron chi connectivity index (χ3n) is 2.78. The number of carboxylic acids is 1. The molecule has 114 valence electrons. The number of hydrogen-bond donors (Lipinski definition) is 2. The van der Waals surface area contributed by atoms with Crippen molar-refractivity contribution in [1.82, 2.24) is 0 Å². The Labute approximate surface area is 120 Å². The number of hydrogen-bond acceptors (Lipinski definition) is 4. The van der Waals surface area contributed by atoms with Crippen molar-refractivity contribution in [3.63, 3.8) is 0 Å². The van der Waals surface area contributed by atoms with Gasteiger partial charge in [-0.25, -0.2) is 8.42 Å². The molecule has 1 atom stereocenters. The van der Waals surface area contributed by atoms with Crippen molar-refractivity contribution in [2.75, 3.05) is 5.75 Å². The fraction of sp³-hybridized carbons (Fsp3) is 0.500. The van der Waals surface area contributed by atoms with Gasteiger partial charge >= 0.3 is 0 Å². The summed E-state index contributed by atoms with van der Waals surface area (Å²) in [7, 11) is -3.30. The lowest BCUT2D eigenvalue weighted by atomic mass is 9.95. The number of sulfone groups is 1. The third kappa shape index (κ3) is 7.25. The topological polar surface area (TPSA) is 91.7 Å². The lowest BCUT2D eigenvalue weighted by Gasteiger charge is -2.25. The highest BCUT2D eigenvalue weighted by Crippen LogP contribution is 2.21. The first-order valence-corrected chi connectivity index (χ1v) is 7.81. The maximum absolute atomic E-state index is 12.0. The van der Waals surface area contributed by atoms with Gasteiger partial charge in [0.2, 0.25) is 0 Å². The molecule has 0 fully saturated rings. The molecule has 5 nitrogen and oxygen atoms in total. The molecule has 1 aromatic rings. The molecule has 2 N–H and O–H groups in total. The molecule has 0 bridgehead atoms. The van der Waals surface area contributed by atoms with E-state index in [4.69, 9.17) is 9.90 Å². The molecule has 0 aromatic heterocycles. The van der Waals surface area contributed by atoms with Crippen LogP contribution in [0, 0.1) is 5.92 Å². The summed E-state index contributed by atoms with van der Waals surface area (Å²) in [4.78, 5) is 9.31. The molecule has 20 heavy (non-hydrogen) atoms. The minimum absolute atomic E-state index is 0.0412. The molecule has 0 saturated heterocycles. The summed E-state index contributed by atoms with van der Waals surface area (Å²) in [5.74, 6) is -1.18. The highest BCUT2D eigenvalue weighted by molar-refractivity contribution is 7.91. The van der Waals surface area contributed by atoms with Gasteiger partial charge in [-0.2, -0.15) is 0 Å². The SMILES string of the molecule is CC(=O)O.CC(CS(=O)(=O)c1ccccc1)C(C)(C)O. The van der Waals surface area contributed by atoms with Crippen molar-refractivity contribution in [2.24, 2.45) is 5.92 Å². The Kier molecular flexibility index (Phi) is 6.88. The fourth-order valence-corrected chi connectivity index (χ4v) is 3.09. The molecule has 1 rings (SSSR count). The molecule has 0 aliphatic rings. The van der Waals surface area contributed by atoms with Crippen molar-refractivity contribution in [3.05, 3.63) is 30.3 Å². The number of rotatable bonds is 4. The molecule has 1 unspecified atom stereocenters. The van der Waals surface area contributed by atoms with Crippen LogP contribution < -0.4 is 0 Å². The van der Waals surface area contributed by atoms with Crippen LogP contribution in [-0.4, -0.2) is 36.0 Å². The lowest BCUT2D eigenvalue weighted by Crippen LogP contribution is -2.33. The molecular formula is C14H22O5S. The molecule has 0 aliphatic carbocycles. The maximum atomic E-state index is 12.0. The average Bonchev–Trinajstić information content (AvgIpc) is 2.27. The van der Waals surface area contributed by atoms with Crippen LogP contribution in [0.4, 0.5) is 0 Å². The third-order valence-corrected chi connectivity index (χ3v) is 4.71. The summed E-state index contributed by atoms with van der Waals surface area (Å²) in [6.45, 7) is 6.07. The van der Waals surface area contributed by atoms with E-state index in [9.17, 15) is 13.5 Å². The zero-order chi connectivity index (χ0) is 16.0. The van der Waals surface area contributed by atoms with Gasteiger partial charge in [0.1, 0.15) is 0 Å². The van der Waals surface area contributed by atoms with Gasteiger partial charge in [0.05, 0.1) is 16.2 Å². The first-order valence-electron chi connectivity index (χ1n) is 6.16. The summed E-state index contributed by atoms with van der Waals surface area (Å²) in [6.07, 6.45) is 0. The van der Waals surface area contributed by atoms with Crippen molar-refractivity contribution >= 4 is 15.8 Å². The second-order valence-corrected chi connectivity index (χ2v) is 7.20. The normalized spacial score (nSPS) is 13.1. The average molecular weight is 302 g/mol. The van der Waals surface area contributed by atoms with Crippen LogP contribution in [0.1, 0.15) is 27.7 Å². The Bertz CT molecular complexity index is 510. The number of carbonyl (C=O) groups is 1. The number of aliphatic hydroxyl groups is 1. The second-order valence-electron chi connectivity index (χ2n) is 5.17. The highest BCUT2D eigenvalue weighted by Gasteiger charge is 2.28. The number of carboxylic acid groups (broad SMARTS) is 1. The van der Waals surface area contributed by atoms with E-state index < -0.39 is 21.4 Å². The van der Waals surface area contributed by atoms with Crippen molar-refractivity contribution in [2.45, 2.75) is 38.2 Å². The lowest BCUT2D eigenvalue weighted by molar-refractivity contribution is -0.134. The Hall–Kier alpha value is -1.40. The summed E-state index contributed by atoms with van der Waals surface area (Å²) in [5, 5.41) is 17.1. The van der Waals surface area contributed by atoms with Crippen molar-refractivity contribution in [3.8, 4) is 0 Å². The van der Waals surface area contributed by atoms with Crippen LogP contribution in [0.5, 0.6) is 0 Å². The smallest absolute Gasteiger partial charge is 0.300 e. The summed E-state index contributed by atoms with van der Waals surface area (Å²) in [5.41, 5.74) is -0.984. The molecule has 0 saturated carbocycles. The zero-order valence-electron chi connectivity index (χ0n) is 12.2. The Balaban J connectivity index is 0.000000796. The summed E-state index contributed by atoms with van der Waals surface area (Å²) < 4.78 is 24.0. The van der Waals surface area contributed by atoms with Crippen LogP contribution in [0.25, 0.3) is 0 Å². The van der Waals surface area contributed by atoms with Crippen LogP contribution >= 0.6 is 0 Å². The van der Waals surface area contributed by atoms with E-state index in [1.54, 1.807) is 51.1 Å². The quantitative estimate of drug-likeness (QED) is 0.887. The van der Waals surface area contributed by atoms with E-state index in [2.05, 4.69) is 0 Å². The molecule has 0 heterocycles. The minimum atomic E-state index is -3.30. The van der Waals surface area contributed by atoms with Gasteiger partial charge in [-0.1, -0.05) is 25.1 Å². The van der Waals surface area contributed by atoms with E-state index in [1.165, 1.54) is 0 Å². The first-order chi connectivity index (χ1) is 8.97. The Morgan fingerprint density at radius 2 is 1.65 bits per heavy atom. The number of aliphatic carboxylic acids is 1. The zero-order valence-corrected chi connectivity index (χ0v) is 13.0. The molecule has 0 amide bonds. The summed E-state index contributed by atoms with van der Waals surface area (Å²) in [6, 6.07) is 8.32. The van der Waals surface area contributed by atoms with E-state index in [-0.39, 0.29) is 11.7 Å². The van der Waals surface area contributed by atoms with Gasteiger partial charge in [0.15, 0.2) is 9.84 Å². The van der Waals surface area contributed by atoms with Gasteiger partial charge in [-0.05, 0) is 31.9 Å². The second kappa shape index (κ2) is 7.40.